The van der Waals surface area contributed by atoms with Crippen LogP contribution >= 0.6 is 11.6 Å². The van der Waals surface area contributed by atoms with Crippen LogP contribution in [0.1, 0.15) is 18.1 Å². The van der Waals surface area contributed by atoms with Gasteiger partial charge in [0.05, 0.1) is 5.88 Å². The summed E-state index contributed by atoms with van der Waals surface area (Å²) in [5, 5.41) is 9.91. The molecule has 0 spiro atoms. The van der Waals surface area contributed by atoms with Crippen LogP contribution in [0.15, 0.2) is 24.3 Å². The molecule has 3 heteroatoms. The van der Waals surface area contributed by atoms with E-state index in [9.17, 15) is 9.90 Å². The molecule has 76 valence electrons. The molecule has 0 aliphatic carbocycles. The van der Waals surface area contributed by atoms with E-state index >= 15 is 0 Å². The summed E-state index contributed by atoms with van der Waals surface area (Å²) in [5.74, 6) is -0.566. The van der Waals surface area contributed by atoms with Crippen LogP contribution in [0.4, 0.5) is 0 Å². The van der Waals surface area contributed by atoms with Gasteiger partial charge in [0.1, 0.15) is 5.60 Å². The molecule has 0 saturated heterocycles. The summed E-state index contributed by atoms with van der Waals surface area (Å²) in [6.07, 6.45) is 0. The van der Waals surface area contributed by atoms with Crippen LogP contribution in [0.5, 0.6) is 0 Å². The molecule has 2 nitrogen and oxygen atoms in total. The number of Topliss-reactive ketones (excluding diaryl/α,β-unsaturated/α-hetero) is 1. The quantitative estimate of drug-likeness (QED) is 0.779. The van der Waals surface area contributed by atoms with Gasteiger partial charge in [-0.2, -0.15) is 0 Å². The number of aryl methyl sites for hydroxylation is 1. The van der Waals surface area contributed by atoms with E-state index in [2.05, 4.69) is 0 Å². The molecular formula is C11H13ClO2. The summed E-state index contributed by atoms with van der Waals surface area (Å²) >= 11 is 5.41. The molecule has 1 unspecified atom stereocenters. The Labute approximate surface area is 88.5 Å². The van der Waals surface area contributed by atoms with Crippen LogP contribution in [0.3, 0.4) is 0 Å². The van der Waals surface area contributed by atoms with Crippen LogP contribution in [0.25, 0.3) is 0 Å². The number of carbonyl (C=O) groups is 1. The molecule has 0 saturated carbocycles. The Morgan fingerprint density at radius 2 is 1.93 bits per heavy atom. The first-order valence-electron chi connectivity index (χ1n) is 4.37. The molecule has 1 N–H and O–H groups in total. The molecule has 0 amide bonds. The first-order chi connectivity index (χ1) is 6.48. The molecule has 0 radical (unpaired) electrons. The fourth-order valence-electron chi connectivity index (χ4n) is 1.17. The Morgan fingerprint density at radius 3 is 2.36 bits per heavy atom. The Morgan fingerprint density at radius 1 is 1.43 bits per heavy atom. The number of rotatable bonds is 3. The van der Waals surface area contributed by atoms with E-state index in [0.29, 0.717) is 5.56 Å². The molecular weight excluding hydrogens is 200 g/mol. The highest BCUT2D eigenvalue weighted by Gasteiger charge is 2.30. The number of benzene rings is 1. The maximum atomic E-state index is 11.3. The van der Waals surface area contributed by atoms with E-state index in [-0.39, 0.29) is 11.7 Å². The van der Waals surface area contributed by atoms with Crippen molar-refractivity contribution in [2.24, 2.45) is 0 Å². The lowest BCUT2D eigenvalue weighted by Gasteiger charge is -2.21. The van der Waals surface area contributed by atoms with Crippen molar-refractivity contribution in [2.75, 3.05) is 5.88 Å². The van der Waals surface area contributed by atoms with Gasteiger partial charge in [0, 0.05) is 0 Å². The van der Waals surface area contributed by atoms with Gasteiger partial charge in [0.15, 0.2) is 5.78 Å². The van der Waals surface area contributed by atoms with Crippen molar-refractivity contribution < 1.29 is 9.90 Å². The third-order valence-electron chi connectivity index (χ3n) is 2.28. The molecule has 0 aliphatic rings. The van der Waals surface area contributed by atoms with Gasteiger partial charge in [0.25, 0.3) is 0 Å². The van der Waals surface area contributed by atoms with Gasteiger partial charge in [-0.05, 0) is 19.4 Å². The molecule has 1 atom stereocenters. The van der Waals surface area contributed by atoms with E-state index < -0.39 is 5.60 Å². The summed E-state index contributed by atoms with van der Waals surface area (Å²) in [6, 6.07) is 7.18. The lowest BCUT2D eigenvalue weighted by molar-refractivity contribution is -0.133. The number of carbonyl (C=O) groups excluding carboxylic acids is 1. The van der Waals surface area contributed by atoms with Crippen molar-refractivity contribution in [1.29, 1.82) is 0 Å². The van der Waals surface area contributed by atoms with Crippen LogP contribution in [-0.2, 0) is 10.4 Å². The van der Waals surface area contributed by atoms with Gasteiger partial charge in [0.2, 0.25) is 0 Å². The average Bonchev–Trinajstić information content (AvgIpc) is 2.17. The van der Waals surface area contributed by atoms with Crippen LogP contribution in [0, 0.1) is 6.92 Å². The fourth-order valence-corrected chi connectivity index (χ4v) is 1.43. The van der Waals surface area contributed by atoms with Gasteiger partial charge >= 0.3 is 0 Å². The maximum absolute atomic E-state index is 11.3. The predicted molar refractivity (Wildman–Crippen MR) is 56.5 cm³/mol. The predicted octanol–water partition coefficient (Wildman–Crippen LogP) is 2.01. The fraction of sp³-hybridized carbons (Fsp3) is 0.364. The number of halogens is 1. The minimum absolute atomic E-state index is 0.180. The normalized spacial score (nSPS) is 14.9. The van der Waals surface area contributed by atoms with E-state index in [1.165, 1.54) is 6.92 Å². The topological polar surface area (TPSA) is 37.3 Å². The van der Waals surface area contributed by atoms with Gasteiger partial charge in [-0.25, -0.2) is 0 Å². The summed E-state index contributed by atoms with van der Waals surface area (Å²) in [5.41, 5.74) is 0.187. The molecule has 0 bridgehead atoms. The highest BCUT2D eigenvalue weighted by atomic mass is 35.5. The van der Waals surface area contributed by atoms with Crippen molar-refractivity contribution in [3.8, 4) is 0 Å². The zero-order chi connectivity index (χ0) is 10.8. The van der Waals surface area contributed by atoms with Crippen LogP contribution in [-0.4, -0.2) is 16.8 Å². The van der Waals surface area contributed by atoms with E-state index in [1.807, 2.05) is 19.1 Å². The van der Waals surface area contributed by atoms with Gasteiger partial charge in [-0.1, -0.05) is 29.8 Å². The molecule has 1 aromatic carbocycles. The summed E-state index contributed by atoms with van der Waals surface area (Å²) in [6.45, 7) is 3.41. The van der Waals surface area contributed by atoms with Crippen LogP contribution < -0.4 is 0 Å². The standard InChI is InChI=1S/C11H13ClO2/c1-8-3-5-9(6-4-8)11(2,14)10(13)7-12/h3-6,14H,7H2,1-2H3. The molecule has 0 fully saturated rings. The summed E-state index contributed by atoms with van der Waals surface area (Å²) in [7, 11) is 0. The largest absolute Gasteiger partial charge is 0.378 e. The average molecular weight is 213 g/mol. The highest BCUT2D eigenvalue weighted by Crippen LogP contribution is 2.22. The number of hydrogen-bond donors (Lipinski definition) is 1. The third kappa shape index (κ3) is 2.14. The van der Waals surface area contributed by atoms with Crippen molar-refractivity contribution in [3.05, 3.63) is 35.4 Å². The van der Waals surface area contributed by atoms with Crippen molar-refractivity contribution in [1.82, 2.24) is 0 Å². The van der Waals surface area contributed by atoms with Crippen molar-refractivity contribution >= 4 is 17.4 Å². The number of aliphatic hydroxyl groups is 1. The van der Waals surface area contributed by atoms with E-state index in [4.69, 9.17) is 11.6 Å². The Kier molecular flexibility index (Phi) is 3.29. The number of alkyl halides is 1. The first-order valence-corrected chi connectivity index (χ1v) is 4.90. The number of ketones is 1. The zero-order valence-corrected chi connectivity index (χ0v) is 9.01. The van der Waals surface area contributed by atoms with Gasteiger partial charge < -0.3 is 5.11 Å². The Hall–Kier alpha value is -0.860. The molecule has 0 heterocycles. The van der Waals surface area contributed by atoms with Crippen molar-refractivity contribution in [2.45, 2.75) is 19.4 Å². The summed E-state index contributed by atoms with van der Waals surface area (Å²) in [4.78, 5) is 11.3. The van der Waals surface area contributed by atoms with Crippen LogP contribution in [0.2, 0.25) is 0 Å². The SMILES string of the molecule is Cc1ccc(C(C)(O)C(=O)CCl)cc1. The highest BCUT2D eigenvalue weighted by molar-refractivity contribution is 6.28. The Balaban J connectivity index is 3.03. The van der Waals surface area contributed by atoms with Gasteiger partial charge in [-0.15, -0.1) is 11.6 Å². The second-order valence-corrected chi connectivity index (χ2v) is 3.76. The number of hydrogen-bond acceptors (Lipinski definition) is 2. The zero-order valence-electron chi connectivity index (χ0n) is 8.25. The second kappa shape index (κ2) is 4.11. The molecule has 0 aliphatic heterocycles. The summed E-state index contributed by atoms with van der Waals surface area (Å²) < 4.78 is 0. The lowest BCUT2D eigenvalue weighted by atomic mass is 9.92. The molecule has 1 rings (SSSR count). The Bertz CT molecular complexity index is 328. The molecule has 1 aromatic rings. The van der Waals surface area contributed by atoms with E-state index in [0.717, 1.165) is 5.56 Å². The monoisotopic (exact) mass is 212 g/mol. The minimum Gasteiger partial charge on any atom is -0.378 e. The minimum atomic E-state index is -1.48. The molecule has 0 aromatic heterocycles. The first kappa shape index (κ1) is 11.2. The van der Waals surface area contributed by atoms with Gasteiger partial charge in [-0.3, -0.25) is 4.79 Å². The third-order valence-corrected chi connectivity index (χ3v) is 2.52. The smallest absolute Gasteiger partial charge is 0.183 e. The second-order valence-electron chi connectivity index (χ2n) is 3.50. The molecule has 14 heavy (non-hydrogen) atoms. The van der Waals surface area contributed by atoms with Crippen molar-refractivity contribution in [3.63, 3.8) is 0 Å². The maximum Gasteiger partial charge on any atom is 0.183 e. The lowest BCUT2D eigenvalue weighted by Crippen LogP contribution is -2.33. The van der Waals surface area contributed by atoms with E-state index in [1.54, 1.807) is 12.1 Å².